The lowest BCUT2D eigenvalue weighted by atomic mass is 10.3. The van der Waals surface area contributed by atoms with Crippen LogP contribution in [0.4, 0.5) is 0 Å². The molecule has 0 bridgehead atoms. The number of rotatable bonds is 4. The van der Waals surface area contributed by atoms with Crippen molar-refractivity contribution in [2.24, 2.45) is 0 Å². The van der Waals surface area contributed by atoms with Crippen LogP contribution in [0, 0.1) is 0 Å². The molecule has 0 aliphatic carbocycles. The van der Waals surface area contributed by atoms with Crippen molar-refractivity contribution in [1.82, 2.24) is 0 Å². The molecule has 1 heterocycles. The molecule has 0 radical (unpaired) electrons. The second kappa shape index (κ2) is 6.30. The molecule has 3 aromatic rings. The summed E-state index contributed by atoms with van der Waals surface area (Å²) >= 11 is 0. The van der Waals surface area contributed by atoms with Gasteiger partial charge in [-0.05, 0) is 12.1 Å². The molecule has 0 amide bonds. The quantitative estimate of drug-likeness (QED) is 0.677. The van der Waals surface area contributed by atoms with Crippen molar-refractivity contribution in [2.45, 2.75) is 0 Å². The zero-order valence-corrected chi connectivity index (χ0v) is 14.6. The van der Waals surface area contributed by atoms with Gasteiger partial charge in [-0.25, -0.2) is 0 Å². The Morgan fingerprint density at radius 3 is 2.00 bits per heavy atom. The summed E-state index contributed by atoms with van der Waals surface area (Å²) in [5.74, 6) is 1.64. The largest absolute Gasteiger partial charge is 0.493 e. The Labute approximate surface area is 146 Å². The highest BCUT2D eigenvalue weighted by atomic mass is 31.2. The molecular formula is C20H17O4P. The third-order valence-corrected chi connectivity index (χ3v) is 7.28. The number of hydrogen-bond acceptors (Lipinski definition) is 4. The second-order valence-corrected chi connectivity index (χ2v) is 8.43. The molecule has 0 N–H and O–H groups in total. The fourth-order valence-electron chi connectivity index (χ4n) is 3.02. The van der Waals surface area contributed by atoms with E-state index in [4.69, 9.17) is 14.2 Å². The summed E-state index contributed by atoms with van der Waals surface area (Å²) in [5, 5.41) is 2.19. The zero-order valence-electron chi connectivity index (χ0n) is 13.7. The second-order valence-electron chi connectivity index (χ2n) is 5.66. The highest BCUT2D eigenvalue weighted by Crippen LogP contribution is 2.48. The lowest BCUT2D eigenvalue weighted by Crippen LogP contribution is -2.25. The topological polar surface area (TPSA) is 44.8 Å². The van der Waals surface area contributed by atoms with Gasteiger partial charge in [0, 0.05) is 15.9 Å². The summed E-state index contributed by atoms with van der Waals surface area (Å²) in [7, 11) is -1.50. The lowest BCUT2D eigenvalue weighted by Gasteiger charge is -2.21. The molecule has 4 rings (SSSR count). The molecule has 0 fully saturated rings. The van der Waals surface area contributed by atoms with Crippen LogP contribution in [0.1, 0.15) is 0 Å². The van der Waals surface area contributed by atoms with E-state index in [1.165, 1.54) is 0 Å². The van der Waals surface area contributed by atoms with Crippen LogP contribution < -0.4 is 30.1 Å². The van der Waals surface area contributed by atoms with Gasteiger partial charge in [-0.2, -0.15) is 0 Å². The van der Waals surface area contributed by atoms with E-state index < -0.39 is 7.14 Å². The molecule has 1 aliphatic rings. The number of hydrogen-bond donors (Lipinski definition) is 0. The van der Waals surface area contributed by atoms with Crippen molar-refractivity contribution >= 4 is 23.1 Å². The highest BCUT2D eigenvalue weighted by molar-refractivity contribution is 7.85. The van der Waals surface area contributed by atoms with Gasteiger partial charge in [0.25, 0.3) is 0 Å². The number of fused-ring (bicyclic) bond motifs is 1. The summed E-state index contributed by atoms with van der Waals surface area (Å²) < 4.78 is 30.8. The van der Waals surface area contributed by atoms with Gasteiger partial charge < -0.3 is 18.8 Å². The molecule has 1 aliphatic heterocycles. The van der Waals surface area contributed by atoms with E-state index in [-0.39, 0.29) is 6.79 Å². The first kappa shape index (κ1) is 15.8. The lowest BCUT2D eigenvalue weighted by molar-refractivity contribution is 0.171. The molecule has 0 atom stereocenters. The van der Waals surface area contributed by atoms with Gasteiger partial charge in [0.1, 0.15) is 0 Å². The van der Waals surface area contributed by atoms with Crippen molar-refractivity contribution in [2.75, 3.05) is 13.9 Å². The molecule has 0 saturated carbocycles. The third kappa shape index (κ3) is 2.59. The van der Waals surface area contributed by atoms with Gasteiger partial charge in [0.2, 0.25) is 12.5 Å². The Morgan fingerprint density at radius 2 is 1.44 bits per heavy atom. The Kier molecular flexibility index (Phi) is 3.98. The van der Waals surface area contributed by atoms with E-state index >= 15 is 0 Å². The summed E-state index contributed by atoms with van der Waals surface area (Å²) in [6.45, 7) is 0.135. The fraction of sp³-hybridized carbons (Fsp3) is 0.100. The molecule has 3 aromatic carbocycles. The van der Waals surface area contributed by atoms with Crippen molar-refractivity contribution in [3.05, 3.63) is 72.8 Å². The normalized spacial score (nSPS) is 12.8. The van der Waals surface area contributed by atoms with Crippen LogP contribution in [-0.2, 0) is 4.57 Å². The Bertz CT molecular complexity index is 895. The third-order valence-electron chi connectivity index (χ3n) is 4.25. The predicted molar refractivity (Wildman–Crippen MR) is 98.5 cm³/mol. The van der Waals surface area contributed by atoms with E-state index in [1.807, 2.05) is 60.7 Å². The van der Waals surface area contributed by atoms with E-state index in [2.05, 4.69) is 0 Å². The van der Waals surface area contributed by atoms with Crippen molar-refractivity contribution in [3.8, 4) is 17.2 Å². The molecule has 126 valence electrons. The number of ether oxygens (including phenoxy) is 3. The molecular weight excluding hydrogens is 335 g/mol. The maximum Gasteiger partial charge on any atom is 0.231 e. The van der Waals surface area contributed by atoms with E-state index in [9.17, 15) is 4.57 Å². The van der Waals surface area contributed by atoms with Crippen molar-refractivity contribution < 1.29 is 18.8 Å². The number of benzene rings is 3. The highest BCUT2D eigenvalue weighted by Gasteiger charge is 2.33. The van der Waals surface area contributed by atoms with E-state index in [1.54, 1.807) is 19.2 Å². The molecule has 5 heteroatoms. The summed E-state index contributed by atoms with van der Waals surface area (Å²) in [6.07, 6.45) is 0. The Hall–Kier alpha value is -2.71. The number of methoxy groups -OCH3 is 1. The first-order valence-corrected chi connectivity index (χ1v) is 9.63. The minimum atomic E-state index is -3.06. The summed E-state index contributed by atoms with van der Waals surface area (Å²) in [4.78, 5) is 0. The van der Waals surface area contributed by atoms with Gasteiger partial charge in [0.15, 0.2) is 18.6 Å². The van der Waals surface area contributed by atoms with E-state index in [0.717, 1.165) is 10.6 Å². The Balaban J connectivity index is 1.99. The van der Waals surface area contributed by atoms with Crippen LogP contribution in [0.5, 0.6) is 17.2 Å². The van der Waals surface area contributed by atoms with Gasteiger partial charge in [-0.1, -0.05) is 60.7 Å². The molecule has 0 aromatic heterocycles. The van der Waals surface area contributed by atoms with Gasteiger partial charge in [-0.15, -0.1) is 0 Å². The maximum atomic E-state index is 14.3. The molecule has 0 saturated heterocycles. The van der Waals surface area contributed by atoms with Crippen LogP contribution in [-0.4, -0.2) is 13.9 Å². The average Bonchev–Trinajstić information content (AvgIpc) is 3.16. The predicted octanol–water partition coefficient (Wildman–Crippen LogP) is 3.06. The van der Waals surface area contributed by atoms with Gasteiger partial charge in [-0.3, -0.25) is 0 Å². The average molecular weight is 352 g/mol. The molecule has 0 spiro atoms. The monoisotopic (exact) mass is 352 g/mol. The Morgan fingerprint density at radius 1 is 0.840 bits per heavy atom. The van der Waals surface area contributed by atoms with Crippen LogP contribution in [0.3, 0.4) is 0 Å². The summed E-state index contributed by atoms with van der Waals surface area (Å²) in [5.41, 5.74) is 0. The molecule has 25 heavy (non-hydrogen) atoms. The van der Waals surface area contributed by atoms with Crippen molar-refractivity contribution in [1.29, 1.82) is 0 Å². The standard InChI is InChI=1S/C20H17O4P/c1-22-18-12-17(13-19-20(18)24-14-23-19)25(21,15-8-4-2-5-9-15)16-10-6-3-7-11-16/h2-13H,14H2,1H3. The van der Waals surface area contributed by atoms with E-state index in [0.29, 0.717) is 22.6 Å². The molecule has 4 nitrogen and oxygen atoms in total. The summed E-state index contributed by atoms with van der Waals surface area (Å²) in [6, 6.07) is 22.6. The van der Waals surface area contributed by atoms with Gasteiger partial charge >= 0.3 is 0 Å². The van der Waals surface area contributed by atoms with Crippen LogP contribution in [0.15, 0.2) is 72.8 Å². The minimum absolute atomic E-state index is 0.135. The van der Waals surface area contributed by atoms with Crippen molar-refractivity contribution in [3.63, 3.8) is 0 Å². The SMILES string of the molecule is COc1cc(P(=O)(c2ccccc2)c2ccccc2)cc2c1OCO2. The smallest absolute Gasteiger partial charge is 0.231 e. The first-order valence-electron chi connectivity index (χ1n) is 7.93. The zero-order chi connectivity index (χ0) is 17.3. The fourth-order valence-corrected chi connectivity index (χ4v) is 5.70. The van der Waals surface area contributed by atoms with Crippen LogP contribution in [0.25, 0.3) is 0 Å². The van der Waals surface area contributed by atoms with Crippen LogP contribution in [0.2, 0.25) is 0 Å². The molecule has 0 unspecified atom stereocenters. The first-order chi connectivity index (χ1) is 12.2. The minimum Gasteiger partial charge on any atom is -0.493 e. The maximum absolute atomic E-state index is 14.3. The van der Waals surface area contributed by atoms with Gasteiger partial charge in [0.05, 0.1) is 7.11 Å². The van der Waals surface area contributed by atoms with Crippen LogP contribution >= 0.6 is 7.14 Å².